The largest absolute Gasteiger partial charge is 0.496 e. The lowest BCUT2D eigenvalue weighted by atomic mass is 9.97. The Balaban J connectivity index is 3.14. The first-order valence-electron chi connectivity index (χ1n) is 5.10. The third kappa shape index (κ3) is 3.93. The van der Waals surface area contributed by atoms with E-state index in [0.717, 1.165) is 6.07 Å². The molecule has 96 valence electrons. The summed E-state index contributed by atoms with van der Waals surface area (Å²) in [6.07, 6.45) is -4.30. The van der Waals surface area contributed by atoms with Crippen LogP contribution in [0, 0.1) is 0 Å². The molecule has 1 aromatic rings. The summed E-state index contributed by atoms with van der Waals surface area (Å²) in [5.41, 5.74) is -1.44. The number of hydrogen-bond donors (Lipinski definition) is 1. The second kappa shape index (κ2) is 4.56. The molecular weight excluding hydrogens is 233 g/mol. The molecule has 2 nitrogen and oxygen atoms in total. The fourth-order valence-electron chi connectivity index (χ4n) is 1.59. The molecular formula is C12H15F3O2. The maximum atomic E-state index is 12.7. The van der Waals surface area contributed by atoms with Crippen LogP contribution in [0.25, 0.3) is 0 Å². The van der Waals surface area contributed by atoms with Gasteiger partial charge in [0.05, 0.1) is 18.3 Å². The van der Waals surface area contributed by atoms with Gasteiger partial charge in [-0.05, 0) is 31.5 Å². The lowest BCUT2D eigenvalue weighted by Crippen LogP contribution is -2.22. The van der Waals surface area contributed by atoms with Gasteiger partial charge in [0.25, 0.3) is 0 Å². The molecule has 0 aromatic heterocycles. The molecule has 0 spiro atoms. The van der Waals surface area contributed by atoms with Crippen molar-refractivity contribution in [1.29, 1.82) is 0 Å². The van der Waals surface area contributed by atoms with Gasteiger partial charge in [-0.1, -0.05) is 6.07 Å². The molecule has 0 saturated heterocycles. The molecule has 0 saturated carbocycles. The van der Waals surface area contributed by atoms with Crippen LogP contribution in [-0.2, 0) is 12.6 Å². The first kappa shape index (κ1) is 13.8. The summed E-state index contributed by atoms with van der Waals surface area (Å²) in [4.78, 5) is 0. The number of rotatable bonds is 3. The Bertz CT molecular complexity index is 392. The van der Waals surface area contributed by atoms with Gasteiger partial charge in [-0.2, -0.15) is 13.2 Å². The first-order chi connectivity index (χ1) is 7.63. The van der Waals surface area contributed by atoms with Crippen LogP contribution in [-0.4, -0.2) is 17.8 Å². The smallest absolute Gasteiger partial charge is 0.419 e. The molecule has 1 rings (SSSR count). The standard InChI is InChI=1S/C12H15F3O2/c1-11(2,16)7-8-4-5-10(17-3)9(6-8)12(13,14)15/h4-6,16H,7H2,1-3H3. The third-order valence-corrected chi connectivity index (χ3v) is 2.21. The van der Waals surface area contributed by atoms with Gasteiger partial charge in [0.2, 0.25) is 0 Å². The van der Waals surface area contributed by atoms with Crippen molar-refractivity contribution in [2.45, 2.75) is 32.0 Å². The molecule has 0 bridgehead atoms. The highest BCUT2D eigenvalue weighted by molar-refractivity contribution is 5.39. The van der Waals surface area contributed by atoms with Crippen molar-refractivity contribution in [3.63, 3.8) is 0 Å². The second-order valence-electron chi connectivity index (χ2n) is 4.52. The highest BCUT2D eigenvalue weighted by Gasteiger charge is 2.34. The van der Waals surface area contributed by atoms with Crippen molar-refractivity contribution in [3.8, 4) is 5.75 Å². The highest BCUT2D eigenvalue weighted by Crippen LogP contribution is 2.37. The molecule has 0 radical (unpaired) electrons. The molecule has 1 N–H and O–H groups in total. The monoisotopic (exact) mass is 248 g/mol. The summed E-state index contributed by atoms with van der Waals surface area (Å²) in [5.74, 6) is -0.211. The molecule has 0 atom stereocenters. The van der Waals surface area contributed by atoms with Gasteiger partial charge < -0.3 is 9.84 Å². The van der Waals surface area contributed by atoms with Gasteiger partial charge >= 0.3 is 6.18 Å². The zero-order valence-corrected chi connectivity index (χ0v) is 9.93. The molecule has 5 heteroatoms. The number of methoxy groups -OCH3 is 1. The van der Waals surface area contributed by atoms with Crippen LogP contribution < -0.4 is 4.74 Å². The molecule has 0 aliphatic rings. The van der Waals surface area contributed by atoms with Crippen LogP contribution in [0.3, 0.4) is 0 Å². The molecule has 0 amide bonds. The first-order valence-corrected chi connectivity index (χ1v) is 5.10. The number of hydrogen-bond acceptors (Lipinski definition) is 2. The molecule has 0 aliphatic carbocycles. The minimum atomic E-state index is -4.46. The normalized spacial score (nSPS) is 12.6. The minimum absolute atomic E-state index is 0.153. The van der Waals surface area contributed by atoms with Crippen LogP contribution in [0.2, 0.25) is 0 Å². The average molecular weight is 248 g/mol. The van der Waals surface area contributed by atoms with E-state index in [1.165, 1.54) is 19.2 Å². The van der Waals surface area contributed by atoms with Crippen LogP contribution in [0.1, 0.15) is 25.0 Å². The van der Waals surface area contributed by atoms with Crippen LogP contribution in [0.15, 0.2) is 18.2 Å². The Morgan fingerprint density at radius 3 is 2.24 bits per heavy atom. The van der Waals surface area contributed by atoms with Crippen molar-refractivity contribution in [1.82, 2.24) is 0 Å². The van der Waals surface area contributed by atoms with Gasteiger partial charge in [-0.3, -0.25) is 0 Å². The Labute approximate surface area is 98.0 Å². The average Bonchev–Trinajstić information content (AvgIpc) is 2.13. The third-order valence-electron chi connectivity index (χ3n) is 2.21. The number of aliphatic hydroxyl groups is 1. The lowest BCUT2D eigenvalue weighted by molar-refractivity contribution is -0.138. The SMILES string of the molecule is COc1ccc(CC(C)(C)O)cc1C(F)(F)F. The highest BCUT2D eigenvalue weighted by atomic mass is 19.4. The van der Waals surface area contributed by atoms with Crippen LogP contribution in [0.4, 0.5) is 13.2 Å². The minimum Gasteiger partial charge on any atom is -0.496 e. The molecule has 0 heterocycles. The molecule has 1 aromatic carbocycles. The van der Waals surface area contributed by atoms with Gasteiger partial charge in [0, 0.05) is 6.42 Å². The number of halogens is 3. The fraction of sp³-hybridized carbons (Fsp3) is 0.500. The lowest BCUT2D eigenvalue weighted by Gasteiger charge is -2.19. The van der Waals surface area contributed by atoms with Crippen LogP contribution >= 0.6 is 0 Å². The second-order valence-corrected chi connectivity index (χ2v) is 4.52. The summed E-state index contributed by atoms with van der Waals surface area (Å²) in [7, 11) is 1.19. The summed E-state index contributed by atoms with van der Waals surface area (Å²) in [5, 5.41) is 9.58. The van der Waals surface area contributed by atoms with Crippen molar-refractivity contribution in [3.05, 3.63) is 29.3 Å². The van der Waals surface area contributed by atoms with Gasteiger partial charge in [0.15, 0.2) is 0 Å². The molecule has 0 aliphatic heterocycles. The zero-order chi connectivity index (χ0) is 13.3. The topological polar surface area (TPSA) is 29.5 Å². The van der Waals surface area contributed by atoms with Crippen molar-refractivity contribution >= 4 is 0 Å². The van der Waals surface area contributed by atoms with Crippen LogP contribution in [0.5, 0.6) is 5.75 Å². The van der Waals surface area contributed by atoms with E-state index in [-0.39, 0.29) is 12.2 Å². The zero-order valence-electron chi connectivity index (χ0n) is 9.93. The van der Waals surface area contributed by atoms with Crippen molar-refractivity contribution < 1.29 is 23.0 Å². The summed E-state index contributed by atoms with van der Waals surface area (Å²) in [6.45, 7) is 3.09. The van der Waals surface area contributed by atoms with Crippen molar-refractivity contribution in [2.75, 3.05) is 7.11 Å². The number of alkyl halides is 3. The Kier molecular flexibility index (Phi) is 3.71. The van der Waals surface area contributed by atoms with E-state index >= 15 is 0 Å². The van der Waals surface area contributed by atoms with E-state index in [0.29, 0.717) is 5.56 Å². The Hall–Kier alpha value is -1.23. The van der Waals surface area contributed by atoms with E-state index in [4.69, 9.17) is 0 Å². The maximum absolute atomic E-state index is 12.7. The predicted octanol–water partition coefficient (Wildman–Crippen LogP) is 3.03. The maximum Gasteiger partial charge on any atom is 0.419 e. The van der Waals surface area contributed by atoms with Gasteiger partial charge in [0.1, 0.15) is 5.75 Å². The Morgan fingerprint density at radius 1 is 1.24 bits per heavy atom. The molecule has 17 heavy (non-hydrogen) atoms. The van der Waals surface area contributed by atoms with E-state index in [1.54, 1.807) is 13.8 Å². The Morgan fingerprint density at radius 2 is 1.82 bits per heavy atom. The summed E-state index contributed by atoms with van der Waals surface area (Å²) < 4.78 is 42.8. The van der Waals surface area contributed by atoms with E-state index < -0.39 is 17.3 Å². The van der Waals surface area contributed by atoms with Gasteiger partial charge in [-0.25, -0.2) is 0 Å². The van der Waals surface area contributed by atoms with E-state index in [1.807, 2.05) is 0 Å². The van der Waals surface area contributed by atoms with E-state index in [2.05, 4.69) is 4.74 Å². The van der Waals surface area contributed by atoms with Crippen molar-refractivity contribution in [2.24, 2.45) is 0 Å². The van der Waals surface area contributed by atoms with Gasteiger partial charge in [-0.15, -0.1) is 0 Å². The predicted molar refractivity (Wildman–Crippen MR) is 58.0 cm³/mol. The molecule has 0 fully saturated rings. The fourth-order valence-corrected chi connectivity index (χ4v) is 1.59. The molecule has 0 unspecified atom stereocenters. The number of benzene rings is 1. The number of ether oxygens (including phenoxy) is 1. The summed E-state index contributed by atoms with van der Waals surface area (Å²) in [6, 6.07) is 3.80. The summed E-state index contributed by atoms with van der Waals surface area (Å²) >= 11 is 0. The quantitative estimate of drug-likeness (QED) is 0.890. The van der Waals surface area contributed by atoms with E-state index in [9.17, 15) is 18.3 Å².